The molecule has 0 fully saturated rings. The summed E-state index contributed by atoms with van der Waals surface area (Å²) in [6.45, 7) is 2.53. The maximum absolute atomic E-state index is 5.45. The maximum Gasteiger partial charge on any atom is 0.185 e. The second-order valence-electron chi connectivity index (χ2n) is 2.95. The second kappa shape index (κ2) is 3.89. The van der Waals surface area contributed by atoms with E-state index in [1.807, 2.05) is 12.3 Å². The predicted octanol–water partition coefficient (Wildman–Crippen LogP) is 1.61. The number of aromatic nitrogens is 2. The molecule has 2 N–H and O–H groups in total. The molecule has 0 saturated heterocycles. The van der Waals surface area contributed by atoms with Crippen LogP contribution >= 0.6 is 11.3 Å². The van der Waals surface area contributed by atoms with Crippen molar-refractivity contribution in [3.05, 3.63) is 23.2 Å². The number of hydrogen-bond donors (Lipinski definition) is 1. The molecule has 0 aliphatic carbocycles. The van der Waals surface area contributed by atoms with E-state index in [9.17, 15) is 0 Å². The summed E-state index contributed by atoms with van der Waals surface area (Å²) in [7, 11) is 0. The Balaban J connectivity index is 2.29. The van der Waals surface area contributed by atoms with Gasteiger partial charge in [0.05, 0.1) is 11.4 Å². The molecule has 2 heterocycles. The Labute approximate surface area is 85.8 Å². The van der Waals surface area contributed by atoms with Gasteiger partial charge in [0.1, 0.15) is 0 Å². The molecule has 2 aromatic rings. The predicted molar refractivity (Wildman–Crippen MR) is 55.1 cm³/mol. The highest BCUT2D eigenvalue weighted by molar-refractivity contribution is 7.13. The summed E-state index contributed by atoms with van der Waals surface area (Å²) >= 11 is 1.56. The molecule has 4 nitrogen and oxygen atoms in total. The molecule has 2 rings (SSSR count). The van der Waals surface area contributed by atoms with Crippen LogP contribution in [0.5, 0.6) is 0 Å². The fourth-order valence-electron chi connectivity index (χ4n) is 1.18. The van der Waals surface area contributed by atoms with E-state index in [4.69, 9.17) is 10.2 Å². The van der Waals surface area contributed by atoms with Crippen molar-refractivity contribution in [2.24, 2.45) is 5.73 Å². The highest BCUT2D eigenvalue weighted by atomic mass is 32.1. The molecule has 0 saturated carbocycles. The molecule has 2 aromatic heterocycles. The van der Waals surface area contributed by atoms with Gasteiger partial charge in [-0.05, 0) is 13.5 Å². The van der Waals surface area contributed by atoms with E-state index in [-0.39, 0.29) is 0 Å². The first-order valence-electron chi connectivity index (χ1n) is 4.36. The van der Waals surface area contributed by atoms with Crippen molar-refractivity contribution in [1.29, 1.82) is 0 Å². The molecule has 0 unspecified atom stereocenters. The molecule has 0 radical (unpaired) electrons. The highest BCUT2D eigenvalue weighted by Crippen LogP contribution is 2.25. The van der Waals surface area contributed by atoms with E-state index < -0.39 is 0 Å². The minimum absolute atomic E-state index is 0.624. The molecule has 74 valence electrons. The van der Waals surface area contributed by atoms with Crippen LogP contribution in [0.3, 0.4) is 0 Å². The van der Waals surface area contributed by atoms with Crippen molar-refractivity contribution in [1.82, 2.24) is 9.97 Å². The first kappa shape index (κ1) is 9.36. The van der Waals surface area contributed by atoms with E-state index in [1.165, 1.54) is 6.39 Å². The Morgan fingerprint density at radius 3 is 3.07 bits per heavy atom. The molecule has 0 bridgehead atoms. The lowest BCUT2D eigenvalue weighted by Gasteiger charge is -1.90. The van der Waals surface area contributed by atoms with Crippen LogP contribution in [0.4, 0.5) is 0 Å². The Hall–Kier alpha value is -1.20. The van der Waals surface area contributed by atoms with Gasteiger partial charge < -0.3 is 10.2 Å². The van der Waals surface area contributed by atoms with Gasteiger partial charge in [0.15, 0.2) is 17.2 Å². The minimum atomic E-state index is 0.624. The van der Waals surface area contributed by atoms with Crippen LogP contribution in [0, 0.1) is 6.92 Å². The molecular formula is C9H11N3OS. The minimum Gasteiger partial charge on any atom is -0.441 e. The van der Waals surface area contributed by atoms with E-state index >= 15 is 0 Å². The summed E-state index contributed by atoms with van der Waals surface area (Å²) in [6, 6.07) is 0. The van der Waals surface area contributed by atoms with Gasteiger partial charge in [-0.25, -0.2) is 9.97 Å². The van der Waals surface area contributed by atoms with Crippen molar-refractivity contribution in [3.63, 3.8) is 0 Å². The molecular weight excluding hydrogens is 198 g/mol. The van der Waals surface area contributed by atoms with Crippen LogP contribution in [-0.2, 0) is 6.42 Å². The van der Waals surface area contributed by atoms with Gasteiger partial charge >= 0.3 is 0 Å². The van der Waals surface area contributed by atoms with Gasteiger partial charge in [-0.1, -0.05) is 0 Å². The number of thiazole rings is 1. The normalized spacial score (nSPS) is 10.7. The number of nitrogens with zero attached hydrogens (tertiary/aromatic N) is 2. The van der Waals surface area contributed by atoms with E-state index in [0.717, 1.165) is 28.6 Å². The lowest BCUT2D eigenvalue weighted by molar-refractivity contribution is 0.570. The molecule has 0 aliphatic rings. The number of aryl methyl sites for hydroxylation is 1. The third-order valence-electron chi connectivity index (χ3n) is 1.89. The van der Waals surface area contributed by atoms with Crippen molar-refractivity contribution < 1.29 is 4.42 Å². The van der Waals surface area contributed by atoms with E-state index in [2.05, 4.69) is 9.97 Å². The van der Waals surface area contributed by atoms with Crippen molar-refractivity contribution in [3.8, 4) is 10.8 Å². The Bertz CT molecular complexity index is 421. The zero-order chi connectivity index (χ0) is 9.97. The first-order valence-corrected chi connectivity index (χ1v) is 5.24. The lowest BCUT2D eigenvalue weighted by Crippen LogP contribution is -2.02. The van der Waals surface area contributed by atoms with Crippen LogP contribution in [0.25, 0.3) is 10.8 Å². The summed E-state index contributed by atoms with van der Waals surface area (Å²) in [5.74, 6) is 0.762. The zero-order valence-electron chi connectivity index (χ0n) is 7.86. The van der Waals surface area contributed by atoms with Gasteiger partial charge in [0, 0.05) is 11.8 Å². The van der Waals surface area contributed by atoms with Gasteiger partial charge in [-0.3, -0.25) is 0 Å². The quantitative estimate of drug-likeness (QED) is 0.834. The van der Waals surface area contributed by atoms with Crippen LogP contribution in [-0.4, -0.2) is 16.5 Å². The fraction of sp³-hybridized carbons (Fsp3) is 0.333. The summed E-state index contributed by atoms with van der Waals surface area (Å²) < 4.78 is 5.25. The number of oxazole rings is 1. The Morgan fingerprint density at radius 1 is 1.57 bits per heavy atom. The Kier molecular flexibility index (Phi) is 2.60. The lowest BCUT2D eigenvalue weighted by atomic mass is 10.3. The van der Waals surface area contributed by atoms with Crippen LogP contribution in [0.2, 0.25) is 0 Å². The molecule has 5 heteroatoms. The molecule has 0 atom stereocenters. The van der Waals surface area contributed by atoms with Crippen molar-refractivity contribution in [2.75, 3.05) is 6.54 Å². The molecule has 0 aromatic carbocycles. The molecule has 0 aliphatic heterocycles. The van der Waals surface area contributed by atoms with Gasteiger partial charge in [-0.15, -0.1) is 11.3 Å². The topological polar surface area (TPSA) is 64.9 Å². The SMILES string of the molecule is Cc1ncoc1-c1nc(CCN)cs1. The number of hydrogen-bond acceptors (Lipinski definition) is 5. The third-order valence-corrected chi connectivity index (χ3v) is 2.78. The first-order chi connectivity index (χ1) is 6.81. The van der Waals surface area contributed by atoms with Crippen LogP contribution in [0.1, 0.15) is 11.4 Å². The summed E-state index contributed by atoms with van der Waals surface area (Å²) in [4.78, 5) is 8.43. The average molecular weight is 209 g/mol. The third kappa shape index (κ3) is 1.69. The average Bonchev–Trinajstić information content (AvgIpc) is 2.74. The molecule has 0 spiro atoms. The second-order valence-corrected chi connectivity index (χ2v) is 3.81. The van der Waals surface area contributed by atoms with Crippen LogP contribution < -0.4 is 5.73 Å². The standard InChI is InChI=1S/C9H11N3OS/c1-6-8(13-5-11-6)9-12-7(2-3-10)4-14-9/h4-5H,2-3,10H2,1H3. The summed E-state index contributed by atoms with van der Waals surface area (Å²) in [5, 5.41) is 2.88. The van der Waals surface area contributed by atoms with Gasteiger partial charge in [0.25, 0.3) is 0 Å². The van der Waals surface area contributed by atoms with Crippen LogP contribution in [0.15, 0.2) is 16.2 Å². The largest absolute Gasteiger partial charge is 0.441 e. The Morgan fingerprint density at radius 2 is 2.43 bits per heavy atom. The highest BCUT2D eigenvalue weighted by Gasteiger charge is 2.10. The fourth-order valence-corrected chi connectivity index (χ4v) is 2.07. The molecule has 0 amide bonds. The van der Waals surface area contributed by atoms with E-state index in [0.29, 0.717) is 6.54 Å². The van der Waals surface area contributed by atoms with Crippen molar-refractivity contribution in [2.45, 2.75) is 13.3 Å². The molecule has 14 heavy (non-hydrogen) atoms. The number of rotatable bonds is 3. The van der Waals surface area contributed by atoms with Crippen molar-refractivity contribution >= 4 is 11.3 Å². The van der Waals surface area contributed by atoms with E-state index in [1.54, 1.807) is 11.3 Å². The zero-order valence-corrected chi connectivity index (χ0v) is 8.67. The van der Waals surface area contributed by atoms with Gasteiger partial charge in [0.2, 0.25) is 0 Å². The summed E-state index contributed by atoms with van der Waals surface area (Å²) in [6.07, 6.45) is 2.25. The maximum atomic E-state index is 5.45. The van der Waals surface area contributed by atoms with Gasteiger partial charge in [-0.2, -0.15) is 0 Å². The number of nitrogens with two attached hydrogens (primary N) is 1. The smallest absolute Gasteiger partial charge is 0.185 e. The monoisotopic (exact) mass is 209 g/mol. The summed E-state index contributed by atoms with van der Waals surface area (Å²) in [5.41, 5.74) is 7.34.